The number of nitrogens with one attached hydrogen (secondary N) is 1. The first-order valence-electron chi connectivity index (χ1n) is 9.69. The molecule has 1 aliphatic heterocycles. The zero-order valence-electron chi connectivity index (χ0n) is 17.3. The number of amides is 1. The lowest BCUT2D eigenvalue weighted by atomic mass is 10.2. The summed E-state index contributed by atoms with van der Waals surface area (Å²) >= 11 is 0. The van der Waals surface area contributed by atoms with E-state index in [1.54, 1.807) is 18.2 Å². The maximum Gasteiger partial charge on any atom is 0.243 e. The number of hydrogen-bond donors (Lipinski definition) is 1. The van der Waals surface area contributed by atoms with Crippen LogP contribution in [0.4, 0.5) is 5.69 Å². The first kappa shape index (κ1) is 21.9. The van der Waals surface area contributed by atoms with E-state index in [1.165, 1.54) is 36.7 Å². The fourth-order valence-corrected chi connectivity index (χ4v) is 5.14. The predicted octanol–water partition coefficient (Wildman–Crippen LogP) is 2.89. The van der Waals surface area contributed by atoms with Gasteiger partial charge in [0.2, 0.25) is 15.9 Å². The van der Waals surface area contributed by atoms with Crippen molar-refractivity contribution in [3.8, 4) is 17.2 Å². The van der Waals surface area contributed by atoms with Gasteiger partial charge in [-0.3, -0.25) is 4.79 Å². The number of nitrogens with zero attached hydrogens (tertiary/aromatic N) is 1. The van der Waals surface area contributed by atoms with Gasteiger partial charge in [-0.1, -0.05) is 12.1 Å². The van der Waals surface area contributed by atoms with Gasteiger partial charge in [-0.05, 0) is 44.0 Å². The van der Waals surface area contributed by atoms with Crippen LogP contribution in [0.25, 0.3) is 0 Å². The number of carbonyl (C=O) groups excluding carboxylic acids is 1. The number of para-hydroxylation sites is 2. The number of rotatable bonds is 8. The minimum absolute atomic E-state index is 0.0505. The maximum absolute atomic E-state index is 13.3. The lowest BCUT2D eigenvalue weighted by Crippen LogP contribution is -2.43. The Morgan fingerprint density at radius 3 is 2.53 bits per heavy atom. The highest BCUT2D eigenvalue weighted by Gasteiger charge is 2.40. The van der Waals surface area contributed by atoms with E-state index >= 15 is 0 Å². The third-order valence-corrected chi connectivity index (χ3v) is 6.82. The molecule has 2 aromatic carbocycles. The second-order valence-electron chi connectivity index (χ2n) is 6.71. The first-order chi connectivity index (χ1) is 14.4. The van der Waals surface area contributed by atoms with Crippen molar-refractivity contribution in [3.63, 3.8) is 0 Å². The Labute approximate surface area is 176 Å². The minimum Gasteiger partial charge on any atom is -0.493 e. The highest BCUT2D eigenvalue weighted by molar-refractivity contribution is 7.89. The molecule has 1 saturated heterocycles. The Balaban J connectivity index is 1.85. The smallest absolute Gasteiger partial charge is 0.243 e. The standard InChI is InChI=1S/C21H26N2O6S/c1-4-29-18-10-6-5-8-16(18)22-21(24)17-9-7-13-23(17)30(25,26)15-11-12-19(27-2)20(14-15)28-3/h5-6,8,10-12,14,17H,4,7,9,13H2,1-3H3,(H,22,24). The number of ether oxygens (including phenoxy) is 3. The quantitative estimate of drug-likeness (QED) is 0.687. The second-order valence-corrected chi connectivity index (χ2v) is 8.60. The molecule has 0 saturated carbocycles. The molecule has 0 radical (unpaired) electrons. The molecule has 1 atom stereocenters. The van der Waals surface area contributed by atoms with Gasteiger partial charge < -0.3 is 19.5 Å². The molecular weight excluding hydrogens is 408 g/mol. The van der Waals surface area contributed by atoms with Gasteiger partial charge in [0.1, 0.15) is 11.8 Å². The van der Waals surface area contributed by atoms with Gasteiger partial charge in [-0.25, -0.2) is 8.42 Å². The summed E-state index contributed by atoms with van der Waals surface area (Å²) in [5, 5.41) is 2.82. The molecule has 3 rings (SSSR count). The maximum atomic E-state index is 13.3. The van der Waals surface area contributed by atoms with Gasteiger partial charge >= 0.3 is 0 Å². The van der Waals surface area contributed by atoms with Gasteiger partial charge in [0.25, 0.3) is 0 Å². The van der Waals surface area contributed by atoms with Crippen molar-refractivity contribution in [2.45, 2.75) is 30.7 Å². The number of anilines is 1. The molecule has 30 heavy (non-hydrogen) atoms. The van der Waals surface area contributed by atoms with E-state index < -0.39 is 16.1 Å². The Morgan fingerprint density at radius 2 is 1.83 bits per heavy atom. The monoisotopic (exact) mass is 434 g/mol. The molecule has 0 aliphatic carbocycles. The van der Waals surface area contributed by atoms with Gasteiger partial charge in [-0.15, -0.1) is 0 Å². The Bertz CT molecular complexity index is 1010. The topological polar surface area (TPSA) is 94.2 Å². The van der Waals surface area contributed by atoms with Crippen molar-refractivity contribution in [1.82, 2.24) is 4.31 Å². The minimum atomic E-state index is -3.90. The first-order valence-corrected chi connectivity index (χ1v) is 11.1. The fourth-order valence-electron chi connectivity index (χ4n) is 3.47. The van der Waals surface area contributed by atoms with Crippen LogP contribution in [0.15, 0.2) is 47.4 Å². The second kappa shape index (κ2) is 9.36. The van der Waals surface area contributed by atoms with Crippen molar-refractivity contribution in [1.29, 1.82) is 0 Å². The fraction of sp³-hybridized carbons (Fsp3) is 0.381. The van der Waals surface area contributed by atoms with Gasteiger partial charge in [0.05, 0.1) is 31.4 Å². The van der Waals surface area contributed by atoms with E-state index in [-0.39, 0.29) is 17.3 Å². The van der Waals surface area contributed by atoms with Crippen LogP contribution in [0.3, 0.4) is 0 Å². The van der Waals surface area contributed by atoms with Gasteiger partial charge in [0, 0.05) is 12.6 Å². The summed E-state index contributed by atoms with van der Waals surface area (Å²) < 4.78 is 43.7. The van der Waals surface area contributed by atoms with E-state index in [0.717, 1.165) is 0 Å². The highest BCUT2D eigenvalue weighted by atomic mass is 32.2. The van der Waals surface area contributed by atoms with Crippen LogP contribution >= 0.6 is 0 Å². The molecule has 2 aromatic rings. The van der Waals surface area contributed by atoms with E-state index in [1.807, 2.05) is 13.0 Å². The largest absolute Gasteiger partial charge is 0.493 e. The molecule has 162 valence electrons. The number of sulfonamides is 1. The Morgan fingerprint density at radius 1 is 1.10 bits per heavy atom. The van der Waals surface area contributed by atoms with Crippen molar-refractivity contribution >= 4 is 21.6 Å². The molecule has 1 unspecified atom stereocenters. The van der Waals surface area contributed by atoms with Crippen molar-refractivity contribution in [2.24, 2.45) is 0 Å². The third kappa shape index (κ3) is 4.36. The summed E-state index contributed by atoms with van der Waals surface area (Å²) in [4.78, 5) is 13.0. The zero-order chi connectivity index (χ0) is 21.7. The third-order valence-electron chi connectivity index (χ3n) is 4.91. The summed E-state index contributed by atoms with van der Waals surface area (Å²) in [6, 6.07) is 10.7. The average Bonchev–Trinajstić information content (AvgIpc) is 3.26. The Hall–Kier alpha value is -2.78. The molecule has 1 amide bonds. The molecule has 1 heterocycles. The summed E-state index contributed by atoms with van der Waals surface area (Å²) in [6.45, 7) is 2.57. The molecule has 0 spiro atoms. The molecule has 1 fully saturated rings. The van der Waals surface area contributed by atoms with E-state index in [2.05, 4.69) is 5.32 Å². The van der Waals surface area contributed by atoms with Gasteiger partial charge in [0.15, 0.2) is 11.5 Å². The van der Waals surface area contributed by atoms with Gasteiger partial charge in [-0.2, -0.15) is 4.31 Å². The molecule has 1 N–H and O–H groups in total. The predicted molar refractivity (Wildman–Crippen MR) is 113 cm³/mol. The zero-order valence-corrected chi connectivity index (χ0v) is 18.1. The Kier molecular flexibility index (Phi) is 6.84. The number of methoxy groups -OCH3 is 2. The van der Waals surface area contributed by atoms with Crippen LogP contribution in [-0.4, -0.2) is 52.0 Å². The lowest BCUT2D eigenvalue weighted by Gasteiger charge is -2.24. The van der Waals surface area contributed by atoms with Crippen LogP contribution < -0.4 is 19.5 Å². The normalized spacial score (nSPS) is 16.8. The molecule has 8 nitrogen and oxygen atoms in total. The van der Waals surface area contributed by atoms with Crippen LogP contribution in [0.1, 0.15) is 19.8 Å². The summed E-state index contributed by atoms with van der Waals surface area (Å²) in [5.41, 5.74) is 0.514. The number of benzene rings is 2. The summed E-state index contributed by atoms with van der Waals surface area (Å²) in [7, 11) is -0.978. The van der Waals surface area contributed by atoms with Crippen LogP contribution in [0, 0.1) is 0 Å². The molecular formula is C21H26N2O6S. The van der Waals surface area contributed by atoms with E-state index in [0.29, 0.717) is 42.4 Å². The summed E-state index contributed by atoms with van der Waals surface area (Å²) in [5.74, 6) is 0.897. The van der Waals surface area contributed by atoms with Crippen molar-refractivity contribution < 1.29 is 27.4 Å². The molecule has 0 aromatic heterocycles. The molecule has 0 bridgehead atoms. The van der Waals surface area contributed by atoms with E-state index in [9.17, 15) is 13.2 Å². The molecule has 1 aliphatic rings. The average molecular weight is 435 g/mol. The lowest BCUT2D eigenvalue weighted by molar-refractivity contribution is -0.119. The van der Waals surface area contributed by atoms with E-state index in [4.69, 9.17) is 14.2 Å². The van der Waals surface area contributed by atoms with Crippen LogP contribution in [0.2, 0.25) is 0 Å². The van der Waals surface area contributed by atoms with Crippen molar-refractivity contribution in [2.75, 3.05) is 32.7 Å². The summed E-state index contributed by atoms with van der Waals surface area (Å²) in [6.07, 6.45) is 1.03. The highest BCUT2D eigenvalue weighted by Crippen LogP contribution is 2.33. The van der Waals surface area contributed by atoms with Crippen LogP contribution in [-0.2, 0) is 14.8 Å². The van der Waals surface area contributed by atoms with Crippen molar-refractivity contribution in [3.05, 3.63) is 42.5 Å². The number of carbonyl (C=O) groups is 1. The number of hydrogen-bond acceptors (Lipinski definition) is 6. The van der Waals surface area contributed by atoms with Crippen LogP contribution in [0.5, 0.6) is 17.2 Å². The molecule has 9 heteroatoms. The SMILES string of the molecule is CCOc1ccccc1NC(=O)C1CCCN1S(=O)(=O)c1ccc(OC)c(OC)c1.